The molecule has 0 radical (unpaired) electrons. The molecule has 1 aromatic carbocycles. The summed E-state index contributed by atoms with van der Waals surface area (Å²) in [6.07, 6.45) is 3.01. The van der Waals surface area contributed by atoms with E-state index in [9.17, 15) is 4.79 Å². The fraction of sp³-hybridized carbons (Fsp3) is 0.375. The normalized spacial score (nSPS) is 13.7. The topological polar surface area (TPSA) is 79.4 Å². The molecule has 0 atom stereocenters. The zero-order chi connectivity index (χ0) is 22.7. The molecule has 2 aromatic heterocycles. The fourth-order valence-electron chi connectivity index (χ4n) is 3.74. The van der Waals surface area contributed by atoms with Gasteiger partial charge < -0.3 is 14.2 Å². The van der Waals surface area contributed by atoms with E-state index in [0.29, 0.717) is 45.1 Å². The maximum absolute atomic E-state index is 12.3. The maximum atomic E-state index is 12.3. The average molecular weight is 472 g/mol. The molecule has 8 heteroatoms. The van der Waals surface area contributed by atoms with Crippen LogP contribution in [0.2, 0.25) is 4.34 Å². The van der Waals surface area contributed by atoms with Crippen molar-refractivity contribution in [3.63, 3.8) is 0 Å². The van der Waals surface area contributed by atoms with Gasteiger partial charge in [-0.05, 0) is 51.0 Å². The number of carbonyl (C=O) groups is 1. The monoisotopic (exact) mass is 471 g/mol. The molecule has 1 aliphatic rings. The van der Waals surface area contributed by atoms with E-state index in [1.54, 1.807) is 12.1 Å². The molecule has 1 aliphatic heterocycles. The van der Waals surface area contributed by atoms with Crippen LogP contribution in [0.1, 0.15) is 54.1 Å². The van der Waals surface area contributed by atoms with Gasteiger partial charge in [-0.25, -0.2) is 0 Å². The van der Waals surface area contributed by atoms with Crippen molar-refractivity contribution in [2.45, 2.75) is 45.6 Å². The number of carbonyl (C=O) groups excluding carboxylic acids is 1. The van der Waals surface area contributed by atoms with Gasteiger partial charge in [0.1, 0.15) is 23.0 Å². The van der Waals surface area contributed by atoms with Crippen LogP contribution in [0.3, 0.4) is 0 Å². The number of aryl methyl sites for hydroxylation is 1. The first-order valence-electron chi connectivity index (χ1n) is 10.8. The number of nitrogens with zero attached hydrogens (tertiary/aromatic N) is 2. The number of rotatable bonds is 8. The lowest BCUT2D eigenvalue weighted by molar-refractivity contribution is 0.0984. The largest absolute Gasteiger partial charge is 0.490 e. The van der Waals surface area contributed by atoms with Crippen LogP contribution in [-0.4, -0.2) is 40.9 Å². The van der Waals surface area contributed by atoms with Gasteiger partial charge in [-0.15, -0.1) is 11.3 Å². The van der Waals surface area contributed by atoms with Gasteiger partial charge in [0.2, 0.25) is 0 Å². The van der Waals surface area contributed by atoms with Gasteiger partial charge in [0.15, 0.2) is 5.78 Å². The van der Waals surface area contributed by atoms with E-state index in [-0.39, 0.29) is 11.9 Å². The molecule has 1 saturated heterocycles. The molecule has 3 aromatic rings. The summed E-state index contributed by atoms with van der Waals surface area (Å²) < 4.78 is 12.2. The van der Waals surface area contributed by atoms with Crippen molar-refractivity contribution in [1.82, 2.24) is 10.1 Å². The van der Waals surface area contributed by atoms with Gasteiger partial charge in [-0.3, -0.25) is 10.2 Å². The van der Waals surface area contributed by atoms with Crippen LogP contribution >= 0.6 is 22.9 Å². The van der Waals surface area contributed by atoms with Crippen LogP contribution in [0, 0.1) is 5.41 Å². The number of thiophene rings is 1. The zero-order valence-corrected chi connectivity index (χ0v) is 19.8. The number of ether oxygens (including phenoxy) is 1. The second-order valence-electron chi connectivity index (χ2n) is 8.13. The Bertz CT molecular complexity index is 1120. The fourth-order valence-corrected chi connectivity index (χ4v) is 4.75. The first-order valence-corrected chi connectivity index (χ1v) is 12.0. The molecule has 0 saturated carbocycles. The first kappa shape index (κ1) is 22.6. The molecule has 1 fully saturated rings. The summed E-state index contributed by atoms with van der Waals surface area (Å²) in [5, 5.41) is 12.8. The number of Topliss-reactive ketones (excluding diaryl/α,β-unsaturated/α-hetero) is 1. The summed E-state index contributed by atoms with van der Waals surface area (Å²) in [4.78, 5) is 15.1. The van der Waals surface area contributed by atoms with Gasteiger partial charge in [0, 0.05) is 43.1 Å². The summed E-state index contributed by atoms with van der Waals surface area (Å²) in [5.41, 5.74) is 2.29. The second kappa shape index (κ2) is 9.88. The Hall–Kier alpha value is -2.64. The summed E-state index contributed by atoms with van der Waals surface area (Å²) in [6.45, 7) is 5.78. The molecule has 168 valence electrons. The maximum Gasteiger partial charge on any atom is 0.173 e. The minimum absolute atomic E-state index is 0.0217. The quantitative estimate of drug-likeness (QED) is 0.244. The molecule has 0 aliphatic carbocycles. The summed E-state index contributed by atoms with van der Waals surface area (Å²) in [5.74, 6) is 1.87. The Morgan fingerprint density at radius 2 is 2.03 bits per heavy atom. The highest BCUT2D eigenvalue weighted by Gasteiger charge is 2.20. The predicted molar refractivity (Wildman–Crippen MR) is 127 cm³/mol. The lowest BCUT2D eigenvalue weighted by atomic mass is 10.1. The molecule has 0 bridgehead atoms. The minimum atomic E-state index is -0.0217. The number of hydrogen-bond acceptors (Lipinski definition) is 6. The Balaban J connectivity index is 1.51. The van der Waals surface area contributed by atoms with Gasteiger partial charge in [0.05, 0.1) is 15.3 Å². The van der Waals surface area contributed by atoms with Crippen molar-refractivity contribution in [3.05, 3.63) is 56.9 Å². The van der Waals surface area contributed by atoms with Crippen LogP contribution in [0.15, 0.2) is 40.9 Å². The average Bonchev–Trinajstić information content (AvgIpc) is 3.53. The molecule has 32 heavy (non-hydrogen) atoms. The second-order valence-corrected chi connectivity index (χ2v) is 9.84. The van der Waals surface area contributed by atoms with Crippen molar-refractivity contribution in [2.24, 2.45) is 0 Å². The number of nitrogens with one attached hydrogen (secondary N) is 1. The molecule has 0 amide bonds. The van der Waals surface area contributed by atoms with E-state index in [4.69, 9.17) is 26.3 Å². The molecule has 4 rings (SSSR count). The summed E-state index contributed by atoms with van der Waals surface area (Å²) in [6, 6.07) is 11.1. The number of ketones is 1. The van der Waals surface area contributed by atoms with Crippen LogP contribution < -0.4 is 4.74 Å². The van der Waals surface area contributed by atoms with Crippen molar-refractivity contribution in [1.29, 1.82) is 5.41 Å². The molecule has 3 heterocycles. The van der Waals surface area contributed by atoms with Crippen LogP contribution in [0.25, 0.3) is 11.3 Å². The van der Waals surface area contributed by atoms with Gasteiger partial charge in [-0.1, -0.05) is 22.8 Å². The number of halogens is 1. The Morgan fingerprint density at radius 3 is 2.72 bits per heavy atom. The van der Waals surface area contributed by atoms with Gasteiger partial charge in [-0.2, -0.15) is 0 Å². The summed E-state index contributed by atoms with van der Waals surface area (Å²) in [7, 11) is 0. The predicted octanol–water partition coefficient (Wildman–Crippen LogP) is 6.08. The number of aromatic nitrogens is 1. The van der Waals surface area contributed by atoms with Crippen molar-refractivity contribution < 1.29 is 14.1 Å². The van der Waals surface area contributed by atoms with Crippen molar-refractivity contribution >= 4 is 34.6 Å². The molecular weight excluding hydrogens is 446 g/mol. The van der Waals surface area contributed by atoms with E-state index < -0.39 is 0 Å². The lowest BCUT2D eigenvalue weighted by Crippen LogP contribution is -2.27. The van der Waals surface area contributed by atoms with Gasteiger partial charge >= 0.3 is 0 Å². The van der Waals surface area contributed by atoms with Crippen LogP contribution in [-0.2, 0) is 6.42 Å². The highest BCUT2D eigenvalue weighted by atomic mass is 35.5. The van der Waals surface area contributed by atoms with Gasteiger partial charge in [0.25, 0.3) is 0 Å². The standard InChI is InChI=1S/C24H26ClN3O3S/c1-15(2)30-21-13-16(24(26)28-11-3-4-12-28)5-7-18(21)19-14-17(31-27-19)6-8-20(29)22-9-10-23(25)32-22/h5,7,9-10,13-15,26H,3-4,6,8,11-12H2,1-2H3. The lowest BCUT2D eigenvalue weighted by Gasteiger charge is -2.20. The van der Waals surface area contributed by atoms with Crippen LogP contribution in [0.4, 0.5) is 0 Å². The van der Waals surface area contributed by atoms with Crippen molar-refractivity contribution in [2.75, 3.05) is 13.1 Å². The number of benzene rings is 1. The Morgan fingerprint density at radius 1 is 1.25 bits per heavy atom. The summed E-state index contributed by atoms with van der Waals surface area (Å²) >= 11 is 7.21. The highest BCUT2D eigenvalue weighted by Crippen LogP contribution is 2.33. The minimum Gasteiger partial charge on any atom is -0.490 e. The van der Waals surface area contributed by atoms with E-state index in [2.05, 4.69) is 10.1 Å². The first-order chi connectivity index (χ1) is 15.4. The van der Waals surface area contributed by atoms with Crippen LogP contribution in [0.5, 0.6) is 5.75 Å². The van der Waals surface area contributed by atoms with E-state index in [1.165, 1.54) is 11.3 Å². The zero-order valence-electron chi connectivity index (χ0n) is 18.2. The SMILES string of the molecule is CC(C)Oc1cc(C(=N)N2CCCC2)ccc1-c1cc(CCC(=O)c2ccc(Cl)s2)on1. The van der Waals surface area contributed by atoms with E-state index >= 15 is 0 Å². The molecule has 0 unspecified atom stereocenters. The Kier molecular flexibility index (Phi) is 6.96. The molecule has 0 spiro atoms. The number of hydrogen-bond donors (Lipinski definition) is 1. The highest BCUT2D eigenvalue weighted by molar-refractivity contribution is 7.18. The molecule has 6 nitrogen and oxygen atoms in total. The van der Waals surface area contributed by atoms with E-state index in [0.717, 1.165) is 37.1 Å². The van der Waals surface area contributed by atoms with E-state index in [1.807, 2.05) is 38.1 Å². The smallest absolute Gasteiger partial charge is 0.173 e. The number of amidine groups is 1. The Labute approximate surface area is 196 Å². The third-order valence-corrected chi connectivity index (χ3v) is 6.59. The third kappa shape index (κ3) is 5.22. The molecular formula is C24H26ClN3O3S. The van der Waals surface area contributed by atoms with Crippen molar-refractivity contribution in [3.8, 4) is 17.0 Å². The number of likely N-dealkylation sites (tertiary alicyclic amines) is 1. The molecule has 1 N–H and O–H groups in total. The third-order valence-electron chi connectivity index (χ3n) is 5.32.